The summed E-state index contributed by atoms with van der Waals surface area (Å²) in [6, 6.07) is 3.92. The molecule has 5 heteroatoms. The maximum atomic E-state index is 12.8. The van der Waals surface area contributed by atoms with Gasteiger partial charge in [-0.15, -0.1) is 0 Å². The van der Waals surface area contributed by atoms with Crippen LogP contribution in [0.4, 0.5) is 5.82 Å². The Hall–Kier alpha value is -1.62. The first-order valence-electron chi connectivity index (χ1n) is 8.20. The number of aromatic nitrogens is 1. The third-order valence-corrected chi connectivity index (χ3v) is 3.83. The fraction of sp³-hybridized carbons (Fsp3) is 0.647. The molecule has 1 aliphatic rings. The lowest BCUT2D eigenvalue weighted by molar-refractivity contribution is 0.0501. The van der Waals surface area contributed by atoms with E-state index >= 15 is 0 Å². The Balaban J connectivity index is 2.07. The molecule has 2 heterocycles. The van der Waals surface area contributed by atoms with E-state index in [1.165, 1.54) is 0 Å². The number of rotatable bonds is 6. The first kappa shape index (κ1) is 16.7. The number of carbonyl (C=O) groups excluding carboxylic acids is 1. The van der Waals surface area contributed by atoms with Crippen molar-refractivity contribution in [1.29, 1.82) is 0 Å². The molecule has 1 amide bonds. The highest BCUT2D eigenvalue weighted by atomic mass is 16.5. The number of anilines is 1. The van der Waals surface area contributed by atoms with Crippen molar-refractivity contribution in [3.05, 3.63) is 23.9 Å². The van der Waals surface area contributed by atoms with Crippen molar-refractivity contribution in [1.82, 2.24) is 9.88 Å². The van der Waals surface area contributed by atoms with E-state index in [2.05, 4.69) is 10.3 Å². The van der Waals surface area contributed by atoms with E-state index in [0.29, 0.717) is 17.3 Å². The van der Waals surface area contributed by atoms with Crippen LogP contribution in [0.5, 0.6) is 0 Å². The number of hydrogen-bond donors (Lipinski definition) is 1. The fourth-order valence-corrected chi connectivity index (χ4v) is 2.81. The monoisotopic (exact) mass is 305 g/mol. The second-order valence-electron chi connectivity index (χ2n) is 6.12. The Bertz CT molecular complexity index is 491. The van der Waals surface area contributed by atoms with Crippen LogP contribution in [-0.2, 0) is 4.74 Å². The minimum atomic E-state index is 0.0671. The third-order valence-electron chi connectivity index (χ3n) is 3.83. The van der Waals surface area contributed by atoms with Crippen molar-refractivity contribution < 1.29 is 9.53 Å². The van der Waals surface area contributed by atoms with Gasteiger partial charge in [-0.05, 0) is 51.7 Å². The van der Waals surface area contributed by atoms with Crippen LogP contribution in [-0.4, -0.2) is 48.1 Å². The average molecular weight is 305 g/mol. The zero-order valence-electron chi connectivity index (χ0n) is 13.8. The van der Waals surface area contributed by atoms with Gasteiger partial charge in [-0.3, -0.25) is 4.79 Å². The van der Waals surface area contributed by atoms with Crippen LogP contribution in [0, 0.1) is 5.92 Å². The van der Waals surface area contributed by atoms with Gasteiger partial charge in [-0.25, -0.2) is 4.98 Å². The molecule has 1 atom stereocenters. The smallest absolute Gasteiger partial charge is 0.257 e. The van der Waals surface area contributed by atoms with Crippen molar-refractivity contribution in [3.8, 4) is 0 Å². The van der Waals surface area contributed by atoms with E-state index < -0.39 is 0 Å². The van der Waals surface area contributed by atoms with Crippen molar-refractivity contribution in [2.24, 2.45) is 5.92 Å². The van der Waals surface area contributed by atoms with E-state index in [1.54, 1.807) is 6.20 Å². The van der Waals surface area contributed by atoms with Crippen LogP contribution in [0.3, 0.4) is 0 Å². The molecule has 0 aromatic carbocycles. The number of nitrogens with zero attached hydrogens (tertiary/aromatic N) is 2. The molecule has 22 heavy (non-hydrogen) atoms. The van der Waals surface area contributed by atoms with Gasteiger partial charge in [0.1, 0.15) is 5.82 Å². The maximum Gasteiger partial charge on any atom is 0.257 e. The van der Waals surface area contributed by atoms with Crippen molar-refractivity contribution >= 4 is 11.7 Å². The van der Waals surface area contributed by atoms with Crippen LogP contribution in [0.1, 0.15) is 44.0 Å². The summed E-state index contributed by atoms with van der Waals surface area (Å²) in [5, 5.41) is 3.26. The van der Waals surface area contributed by atoms with E-state index in [1.807, 2.05) is 37.8 Å². The van der Waals surface area contributed by atoms with Crippen LogP contribution >= 0.6 is 0 Å². The standard InChI is InChI=1S/C17H27N3O2/c1-4-22-12-14-7-6-10-20(11-14)17(21)15-8-5-9-18-16(15)19-13(2)3/h5,8-9,13-14H,4,6-7,10-12H2,1-3H3,(H,18,19)/t14-/m0/s1. The third kappa shape index (κ3) is 4.44. The number of ether oxygens (including phenoxy) is 1. The second-order valence-corrected chi connectivity index (χ2v) is 6.12. The second kappa shape index (κ2) is 8.13. The van der Waals surface area contributed by atoms with Crippen LogP contribution < -0.4 is 5.32 Å². The molecule has 0 unspecified atom stereocenters. The molecule has 2 rings (SSSR count). The molecule has 122 valence electrons. The molecule has 0 radical (unpaired) electrons. The molecule has 0 spiro atoms. The quantitative estimate of drug-likeness (QED) is 0.878. The van der Waals surface area contributed by atoms with Crippen LogP contribution in [0.15, 0.2) is 18.3 Å². The summed E-state index contributed by atoms with van der Waals surface area (Å²) in [6.45, 7) is 9.15. The van der Waals surface area contributed by atoms with Gasteiger partial charge in [0.05, 0.1) is 12.2 Å². The van der Waals surface area contributed by atoms with Crippen LogP contribution in [0.2, 0.25) is 0 Å². The van der Waals surface area contributed by atoms with Crippen molar-refractivity contribution in [3.63, 3.8) is 0 Å². The lowest BCUT2D eigenvalue weighted by Crippen LogP contribution is -2.41. The van der Waals surface area contributed by atoms with E-state index in [0.717, 1.165) is 39.1 Å². The highest BCUT2D eigenvalue weighted by Crippen LogP contribution is 2.21. The summed E-state index contributed by atoms with van der Waals surface area (Å²) in [5.41, 5.74) is 0.660. The number of pyridine rings is 1. The predicted octanol–water partition coefficient (Wildman–Crippen LogP) is 2.79. The van der Waals surface area contributed by atoms with Crippen molar-refractivity contribution in [2.75, 3.05) is 31.6 Å². The van der Waals surface area contributed by atoms with Gasteiger partial charge in [-0.1, -0.05) is 0 Å². The lowest BCUT2D eigenvalue weighted by Gasteiger charge is -2.33. The molecule has 1 aromatic heterocycles. The highest BCUT2D eigenvalue weighted by molar-refractivity contribution is 5.98. The highest BCUT2D eigenvalue weighted by Gasteiger charge is 2.26. The fourth-order valence-electron chi connectivity index (χ4n) is 2.81. The van der Waals surface area contributed by atoms with Gasteiger partial charge in [-0.2, -0.15) is 0 Å². The number of amides is 1. The van der Waals surface area contributed by atoms with Gasteiger partial charge < -0.3 is 15.0 Å². The summed E-state index contributed by atoms with van der Waals surface area (Å²) < 4.78 is 5.52. The summed E-state index contributed by atoms with van der Waals surface area (Å²) in [5.74, 6) is 1.18. The molecule has 1 saturated heterocycles. The van der Waals surface area contributed by atoms with E-state index in [-0.39, 0.29) is 11.9 Å². The topological polar surface area (TPSA) is 54.5 Å². The maximum absolute atomic E-state index is 12.8. The number of piperidine rings is 1. The molecule has 5 nitrogen and oxygen atoms in total. The molecule has 0 bridgehead atoms. The lowest BCUT2D eigenvalue weighted by atomic mass is 9.98. The van der Waals surface area contributed by atoms with E-state index in [9.17, 15) is 4.79 Å². The zero-order valence-corrected chi connectivity index (χ0v) is 13.8. The molecule has 0 aliphatic carbocycles. The summed E-state index contributed by atoms with van der Waals surface area (Å²) >= 11 is 0. The molecular formula is C17H27N3O2. The minimum Gasteiger partial charge on any atom is -0.381 e. The van der Waals surface area contributed by atoms with Gasteiger partial charge in [0.15, 0.2) is 0 Å². The Morgan fingerprint density at radius 1 is 1.55 bits per heavy atom. The van der Waals surface area contributed by atoms with E-state index in [4.69, 9.17) is 4.74 Å². The SMILES string of the molecule is CCOC[C@H]1CCCN(C(=O)c2cccnc2NC(C)C)C1. The average Bonchev–Trinajstić information content (AvgIpc) is 2.52. The Labute approximate surface area is 133 Å². The Morgan fingerprint density at radius 3 is 3.09 bits per heavy atom. The summed E-state index contributed by atoms with van der Waals surface area (Å²) in [4.78, 5) is 19.1. The minimum absolute atomic E-state index is 0.0671. The molecule has 1 aliphatic heterocycles. The van der Waals surface area contributed by atoms with Crippen molar-refractivity contribution in [2.45, 2.75) is 39.7 Å². The molecule has 1 aromatic rings. The van der Waals surface area contributed by atoms with Gasteiger partial charge in [0.25, 0.3) is 5.91 Å². The molecule has 0 saturated carbocycles. The molecule has 1 fully saturated rings. The number of nitrogens with one attached hydrogen (secondary N) is 1. The first-order valence-corrected chi connectivity index (χ1v) is 8.20. The van der Waals surface area contributed by atoms with Gasteiger partial charge in [0, 0.05) is 31.9 Å². The van der Waals surface area contributed by atoms with Gasteiger partial charge in [0.2, 0.25) is 0 Å². The largest absolute Gasteiger partial charge is 0.381 e. The molecule has 1 N–H and O–H groups in total. The Morgan fingerprint density at radius 2 is 2.36 bits per heavy atom. The predicted molar refractivity (Wildman–Crippen MR) is 88.1 cm³/mol. The number of likely N-dealkylation sites (tertiary alicyclic amines) is 1. The first-order chi connectivity index (χ1) is 10.6. The molecular weight excluding hydrogens is 278 g/mol. The summed E-state index contributed by atoms with van der Waals surface area (Å²) in [7, 11) is 0. The van der Waals surface area contributed by atoms with Gasteiger partial charge >= 0.3 is 0 Å². The summed E-state index contributed by atoms with van der Waals surface area (Å²) in [6.07, 6.45) is 3.89. The Kier molecular flexibility index (Phi) is 6.19. The normalized spacial score (nSPS) is 18.5. The number of carbonyl (C=O) groups is 1. The number of hydrogen-bond acceptors (Lipinski definition) is 4. The zero-order chi connectivity index (χ0) is 15.9. The van der Waals surface area contributed by atoms with Crippen LogP contribution in [0.25, 0.3) is 0 Å².